The van der Waals surface area contributed by atoms with Gasteiger partial charge in [0.2, 0.25) is 0 Å². The van der Waals surface area contributed by atoms with Crippen LogP contribution in [0.15, 0.2) is 192 Å². The lowest BCUT2D eigenvalue weighted by atomic mass is 9.41. The molecular weight excluding hydrogens is 908 g/mol. The van der Waals surface area contributed by atoms with Crippen LogP contribution >= 0.6 is 23.1 Å². The van der Waals surface area contributed by atoms with Crippen molar-refractivity contribution >= 4 is 89.5 Å². The molecule has 5 heteroatoms. The summed E-state index contributed by atoms with van der Waals surface area (Å²) in [6.07, 6.45) is 2.35. The van der Waals surface area contributed by atoms with E-state index in [9.17, 15) is 0 Å². The SMILES string of the molecule is Cc1cc2c(cc1N1c3cc4c(cc3B3c5c1cc1c(sc6ccccc61)c5-c1cccc5c1N3c1ccccc1C5(c1ccccc1)c1ccccc1)C(C)(C)c1ccccc1S4)C(C)(C)CCC2(C)C. The van der Waals surface area contributed by atoms with Crippen LogP contribution in [-0.4, -0.2) is 6.85 Å². The Morgan fingerprint density at radius 3 is 1.88 bits per heavy atom. The maximum atomic E-state index is 2.81. The van der Waals surface area contributed by atoms with Gasteiger partial charge >= 0.3 is 6.85 Å². The van der Waals surface area contributed by atoms with Gasteiger partial charge in [0, 0.05) is 74.9 Å². The van der Waals surface area contributed by atoms with E-state index in [0.29, 0.717) is 0 Å². The van der Waals surface area contributed by atoms with Crippen LogP contribution in [0.25, 0.3) is 31.3 Å². The highest BCUT2D eigenvalue weighted by molar-refractivity contribution is 7.99. The van der Waals surface area contributed by atoms with Crippen molar-refractivity contribution in [3.63, 3.8) is 0 Å². The minimum Gasteiger partial charge on any atom is -0.376 e. The van der Waals surface area contributed by atoms with Crippen LogP contribution in [0.5, 0.6) is 0 Å². The molecule has 0 fully saturated rings. The van der Waals surface area contributed by atoms with Gasteiger partial charge in [0.15, 0.2) is 0 Å². The first-order valence-electron chi connectivity index (χ1n) is 25.9. The second kappa shape index (κ2) is 14.7. The number of hydrogen-bond acceptors (Lipinski definition) is 4. The molecule has 5 aliphatic rings. The van der Waals surface area contributed by atoms with Gasteiger partial charge in [-0.05, 0) is 128 Å². The number of para-hydroxylation sites is 2. The van der Waals surface area contributed by atoms with Gasteiger partial charge in [-0.15, -0.1) is 11.3 Å². The summed E-state index contributed by atoms with van der Waals surface area (Å²) >= 11 is 3.92. The average molecular weight is 963 g/mol. The third-order valence-corrected chi connectivity index (χ3v) is 20.3. The smallest absolute Gasteiger partial charge is 0.333 e. The summed E-state index contributed by atoms with van der Waals surface area (Å²) in [6.45, 7) is 17.0. The van der Waals surface area contributed by atoms with E-state index in [1.165, 1.54) is 137 Å². The molecule has 2 nitrogen and oxygen atoms in total. The van der Waals surface area contributed by atoms with Gasteiger partial charge in [-0.1, -0.05) is 199 Å². The fourth-order valence-corrected chi connectivity index (χ4v) is 16.9. The Balaban J connectivity index is 1.13. The number of hydrogen-bond donors (Lipinski definition) is 0. The molecule has 0 unspecified atom stereocenters. The van der Waals surface area contributed by atoms with Crippen molar-refractivity contribution in [2.45, 2.75) is 92.8 Å². The maximum Gasteiger partial charge on any atom is 0.333 e. The highest BCUT2D eigenvalue weighted by Crippen LogP contribution is 2.62. The second-order valence-corrected chi connectivity index (χ2v) is 25.2. The van der Waals surface area contributed by atoms with Crippen LogP contribution in [0.2, 0.25) is 0 Å². The fourth-order valence-electron chi connectivity index (χ4n) is 14.3. The minimum absolute atomic E-state index is 0.0394. The van der Waals surface area contributed by atoms with Crippen molar-refractivity contribution in [2.75, 3.05) is 9.71 Å². The lowest BCUT2D eigenvalue weighted by Crippen LogP contribution is -2.63. The zero-order chi connectivity index (χ0) is 48.6. The summed E-state index contributed by atoms with van der Waals surface area (Å²) in [4.78, 5) is 8.23. The van der Waals surface area contributed by atoms with E-state index in [1.807, 2.05) is 23.1 Å². The zero-order valence-electron chi connectivity index (χ0n) is 42.0. The molecule has 0 spiro atoms. The normalized spacial score (nSPS) is 17.6. The van der Waals surface area contributed by atoms with E-state index in [1.54, 1.807) is 0 Å². The van der Waals surface area contributed by atoms with Crippen LogP contribution in [0.4, 0.5) is 28.4 Å². The lowest BCUT2D eigenvalue weighted by molar-refractivity contribution is 0.332. The Bertz CT molecular complexity index is 3940. The number of anilines is 5. The predicted octanol–water partition coefficient (Wildman–Crippen LogP) is 16.9. The van der Waals surface area contributed by atoms with Crippen molar-refractivity contribution in [1.82, 2.24) is 0 Å². The van der Waals surface area contributed by atoms with E-state index < -0.39 is 5.41 Å². The third-order valence-electron chi connectivity index (χ3n) is 17.9. The van der Waals surface area contributed by atoms with Crippen molar-refractivity contribution < 1.29 is 0 Å². The summed E-state index contributed by atoms with van der Waals surface area (Å²) in [7, 11) is 0. The quantitative estimate of drug-likeness (QED) is 0.163. The molecule has 72 heavy (non-hydrogen) atoms. The van der Waals surface area contributed by atoms with Crippen molar-refractivity contribution in [3.8, 4) is 11.1 Å². The van der Waals surface area contributed by atoms with Crippen LogP contribution in [0.1, 0.15) is 104 Å². The molecule has 0 amide bonds. The van der Waals surface area contributed by atoms with Gasteiger partial charge in [0.05, 0.1) is 5.41 Å². The fraction of sp³-hybridized carbons (Fsp3) is 0.194. The zero-order valence-corrected chi connectivity index (χ0v) is 43.7. The van der Waals surface area contributed by atoms with E-state index in [2.05, 4.69) is 240 Å². The molecule has 348 valence electrons. The lowest BCUT2D eigenvalue weighted by Gasteiger charge is -2.53. The van der Waals surface area contributed by atoms with Gasteiger partial charge < -0.3 is 9.71 Å². The van der Waals surface area contributed by atoms with Crippen LogP contribution in [-0.2, 0) is 21.7 Å². The molecule has 5 heterocycles. The Labute approximate surface area is 432 Å². The van der Waals surface area contributed by atoms with Gasteiger partial charge in [-0.2, -0.15) is 0 Å². The number of thiophene rings is 1. The maximum absolute atomic E-state index is 2.81. The first-order chi connectivity index (χ1) is 34.9. The molecule has 0 N–H and O–H groups in total. The highest BCUT2D eigenvalue weighted by atomic mass is 32.2. The molecular formula is C67H55BN2S2. The molecule has 15 rings (SSSR count). The van der Waals surface area contributed by atoms with Crippen LogP contribution in [0.3, 0.4) is 0 Å². The molecule has 0 atom stereocenters. The summed E-state index contributed by atoms with van der Waals surface area (Å²) < 4.78 is 2.70. The molecule has 10 aromatic rings. The summed E-state index contributed by atoms with van der Waals surface area (Å²) in [5.74, 6) is 0. The van der Waals surface area contributed by atoms with E-state index >= 15 is 0 Å². The van der Waals surface area contributed by atoms with Gasteiger partial charge in [-0.3, -0.25) is 0 Å². The first kappa shape index (κ1) is 42.9. The summed E-state index contributed by atoms with van der Waals surface area (Å²) in [6, 6.07) is 70.7. The molecule has 9 aromatic carbocycles. The number of nitrogens with zero attached hydrogens (tertiary/aromatic N) is 2. The molecule has 1 aromatic heterocycles. The standard InChI is InChI=1S/C67H55BN2S2/c1-40-35-49-50(65(4,5)34-33-64(49,2)3)38-54(40)69-55-39-59-51(66(6,7)47-28-16-19-32-58(47)71-59)37-52(55)68-61-56(69)36-45-43-25-14-18-31-57(43)72-63(45)60(61)44-26-20-29-48-62(44)70(68)53-30-17-15-27-46(53)67(48,41-21-10-8-11-22-41)42-23-12-9-13-24-42/h8-32,35-39H,33-34H2,1-7H3. The van der Waals surface area contributed by atoms with Crippen molar-refractivity contribution in [1.29, 1.82) is 0 Å². The third kappa shape index (κ3) is 5.48. The van der Waals surface area contributed by atoms with Gasteiger partial charge in [-0.25, -0.2) is 0 Å². The van der Waals surface area contributed by atoms with E-state index in [0.717, 1.165) is 6.42 Å². The van der Waals surface area contributed by atoms with Crippen molar-refractivity contribution in [3.05, 3.63) is 232 Å². The molecule has 0 bridgehead atoms. The summed E-state index contributed by atoms with van der Waals surface area (Å²) in [5, 5.41) is 2.65. The highest BCUT2D eigenvalue weighted by Gasteiger charge is 2.55. The number of fused-ring (bicyclic) bond motifs is 13. The van der Waals surface area contributed by atoms with Gasteiger partial charge in [0.1, 0.15) is 0 Å². The Hall–Kier alpha value is -6.79. The Morgan fingerprint density at radius 1 is 0.486 bits per heavy atom. The predicted molar refractivity (Wildman–Crippen MR) is 308 cm³/mol. The monoisotopic (exact) mass is 962 g/mol. The Kier molecular flexibility index (Phi) is 8.74. The van der Waals surface area contributed by atoms with E-state index in [-0.39, 0.29) is 23.1 Å². The number of rotatable bonds is 3. The van der Waals surface area contributed by atoms with Gasteiger partial charge in [0.25, 0.3) is 0 Å². The molecule has 0 radical (unpaired) electrons. The topological polar surface area (TPSA) is 6.48 Å². The second-order valence-electron chi connectivity index (χ2n) is 23.1. The Morgan fingerprint density at radius 2 is 1.12 bits per heavy atom. The minimum atomic E-state index is -0.585. The molecule has 0 saturated carbocycles. The van der Waals surface area contributed by atoms with Crippen LogP contribution in [0, 0.1) is 6.92 Å². The molecule has 0 saturated heterocycles. The van der Waals surface area contributed by atoms with E-state index in [4.69, 9.17) is 0 Å². The van der Waals surface area contributed by atoms with Crippen molar-refractivity contribution in [2.24, 2.45) is 0 Å². The number of aryl methyl sites for hydroxylation is 1. The summed E-state index contributed by atoms with van der Waals surface area (Å²) in [5.41, 5.74) is 23.5. The molecule has 4 aliphatic heterocycles. The largest absolute Gasteiger partial charge is 0.376 e. The average Bonchev–Trinajstić information content (AvgIpc) is 3.78. The molecule has 1 aliphatic carbocycles. The number of benzene rings is 9. The van der Waals surface area contributed by atoms with Crippen LogP contribution < -0.4 is 20.6 Å². The first-order valence-corrected chi connectivity index (χ1v) is 27.5.